The van der Waals surface area contributed by atoms with Crippen molar-refractivity contribution in [2.75, 3.05) is 0 Å². The number of nitrogens with zero attached hydrogens (tertiary/aromatic N) is 4. The molecule has 11 nitrogen and oxygen atoms in total. The van der Waals surface area contributed by atoms with Crippen molar-refractivity contribution in [2.45, 2.75) is 18.7 Å². The van der Waals surface area contributed by atoms with Gasteiger partial charge in [0.15, 0.2) is 11.4 Å². The van der Waals surface area contributed by atoms with Crippen LogP contribution in [0.25, 0.3) is 11.4 Å². The molecule has 14 heteroatoms. The third-order valence-corrected chi connectivity index (χ3v) is 6.28. The topological polar surface area (TPSA) is 155 Å². The van der Waals surface area contributed by atoms with E-state index >= 15 is 0 Å². The molecule has 0 unspecified atom stereocenters. The van der Waals surface area contributed by atoms with Crippen LogP contribution in [0.2, 0.25) is 10.0 Å². The van der Waals surface area contributed by atoms with E-state index < -0.39 is 21.2 Å². The van der Waals surface area contributed by atoms with Crippen LogP contribution in [0, 0.1) is 13.8 Å². The van der Waals surface area contributed by atoms with Crippen LogP contribution in [0.5, 0.6) is 0 Å². The van der Waals surface area contributed by atoms with Crippen LogP contribution in [-0.4, -0.2) is 32.5 Å². The second-order valence-corrected chi connectivity index (χ2v) is 9.48. The van der Waals surface area contributed by atoms with Crippen molar-refractivity contribution in [3.63, 3.8) is 0 Å². The molecule has 4 aromatic rings. The number of rotatable bonds is 5. The van der Waals surface area contributed by atoms with E-state index in [4.69, 9.17) is 27.8 Å². The number of H-pyrrole nitrogens is 2. The smallest absolute Gasteiger partial charge is 0.293 e. The summed E-state index contributed by atoms with van der Waals surface area (Å²) in [5.74, 6) is 0. The van der Waals surface area contributed by atoms with Crippen molar-refractivity contribution >= 4 is 44.7 Å². The molecule has 0 saturated carbocycles. The van der Waals surface area contributed by atoms with E-state index in [1.165, 1.54) is 22.9 Å². The van der Waals surface area contributed by atoms with Crippen molar-refractivity contribution in [1.82, 2.24) is 19.6 Å². The normalized spacial score (nSPS) is 12.0. The highest BCUT2D eigenvalue weighted by atomic mass is 35.5. The highest BCUT2D eigenvalue weighted by Crippen LogP contribution is 2.25. The van der Waals surface area contributed by atoms with Crippen molar-refractivity contribution in [1.29, 1.82) is 0 Å². The molecule has 0 radical (unpaired) electrons. The number of hydrogen-bond acceptors (Lipinski definition) is 6. The van der Waals surface area contributed by atoms with Crippen molar-refractivity contribution in [2.24, 2.45) is 10.2 Å². The largest absolute Gasteiger partial charge is 0.299 e. The molecule has 0 amide bonds. The summed E-state index contributed by atoms with van der Waals surface area (Å²) in [5.41, 5.74) is 0.268. The molecule has 2 aromatic carbocycles. The Morgan fingerprint density at radius 2 is 1.38 bits per heavy atom. The molecule has 4 rings (SSSR count). The van der Waals surface area contributed by atoms with E-state index in [0.29, 0.717) is 27.8 Å². The number of aryl methyl sites for hydroxylation is 2. The summed E-state index contributed by atoms with van der Waals surface area (Å²) in [5, 5.41) is 14.3. The molecule has 3 N–H and O–H groups in total. The molecule has 0 aliphatic rings. The van der Waals surface area contributed by atoms with E-state index in [1.807, 2.05) is 0 Å². The number of halogens is 2. The van der Waals surface area contributed by atoms with Gasteiger partial charge in [-0.05, 0) is 56.3 Å². The molecular weight excluding hydrogens is 507 g/mol. The summed E-state index contributed by atoms with van der Waals surface area (Å²) >= 11 is 12.1. The summed E-state index contributed by atoms with van der Waals surface area (Å²) in [6.07, 6.45) is 0. The third kappa shape index (κ3) is 4.35. The maximum Gasteiger partial charge on any atom is 0.299 e. The van der Waals surface area contributed by atoms with Gasteiger partial charge in [-0.1, -0.05) is 23.2 Å². The molecule has 2 aromatic heterocycles. The van der Waals surface area contributed by atoms with Crippen LogP contribution in [0.4, 0.5) is 11.4 Å². The standard InChI is InChI=1S/C20H16Cl2N6O5S/c1-10-17(19(29)27(25-10)13-4-6-14(7-5-13)34(31,32)33)23-24-18-11(2)26-28(20(18)30)16-8-3-12(21)9-15(16)22/h3-9,25-26H,1-2H3,(H,31,32,33). The zero-order valence-electron chi connectivity index (χ0n) is 17.6. The Morgan fingerprint density at radius 1 is 0.853 bits per heavy atom. The molecule has 0 saturated heterocycles. The summed E-state index contributed by atoms with van der Waals surface area (Å²) in [6, 6.07) is 9.64. The van der Waals surface area contributed by atoms with Crippen LogP contribution in [0.15, 0.2) is 67.2 Å². The van der Waals surface area contributed by atoms with Crippen molar-refractivity contribution < 1.29 is 13.0 Å². The first-order valence-corrected chi connectivity index (χ1v) is 11.8. The minimum Gasteiger partial charge on any atom is -0.293 e. The van der Waals surface area contributed by atoms with Gasteiger partial charge in [-0.15, -0.1) is 10.2 Å². The lowest BCUT2D eigenvalue weighted by Gasteiger charge is -2.04. The van der Waals surface area contributed by atoms with Gasteiger partial charge in [-0.3, -0.25) is 24.3 Å². The van der Waals surface area contributed by atoms with Crippen LogP contribution >= 0.6 is 23.2 Å². The number of azo groups is 1. The second kappa shape index (κ2) is 8.72. The Morgan fingerprint density at radius 3 is 1.91 bits per heavy atom. The van der Waals surface area contributed by atoms with Crippen LogP contribution in [0.1, 0.15) is 11.4 Å². The van der Waals surface area contributed by atoms with E-state index in [9.17, 15) is 18.0 Å². The fourth-order valence-electron chi connectivity index (χ4n) is 3.19. The lowest BCUT2D eigenvalue weighted by Crippen LogP contribution is -2.15. The van der Waals surface area contributed by atoms with Gasteiger partial charge in [0.2, 0.25) is 0 Å². The predicted molar refractivity (Wildman–Crippen MR) is 126 cm³/mol. The minimum atomic E-state index is -4.37. The van der Waals surface area contributed by atoms with Gasteiger partial charge >= 0.3 is 0 Å². The Kier molecular flexibility index (Phi) is 6.08. The summed E-state index contributed by atoms with van der Waals surface area (Å²) < 4.78 is 33.9. The van der Waals surface area contributed by atoms with Gasteiger partial charge in [0, 0.05) is 5.02 Å². The third-order valence-electron chi connectivity index (χ3n) is 4.87. The second-order valence-electron chi connectivity index (χ2n) is 7.22. The van der Waals surface area contributed by atoms with E-state index in [-0.39, 0.29) is 21.3 Å². The number of hydrogen-bond donors (Lipinski definition) is 3. The molecule has 2 heterocycles. The van der Waals surface area contributed by atoms with Crippen molar-refractivity contribution in [3.05, 3.63) is 84.6 Å². The molecule has 0 fully saturated rings. The van der Waals surface area contributed by atoms with Crippen LogP contribution < -0.4 is 11.1 Å². The van der Waals surface area contributed by atoms with Crippen LogP contribution in [0.3, 0.4) is 0 Å². The average molecular weight is 523 g/mol. The lowest BCUT2D eigenvalue weighted by molar-refractivity contribution is 0.483. The minimum absolute atomic E-state index is 0.0185. The summed E-state index contributed by atoms with van der Waals surface area (Å²) in [6.45, 7) is 3.21. The Balaban J connectivity index is 1.71. The monoisotopic (exact) mass is 522 g/mol. The molecule has 0 spiro atoms. The quantitative estimate of drug-likeness (QED) is 0.264. The summed E-state index contributed by atoms with van der Waals surface area (Å²) in [4.78, 5) is 25.4. The molecule has 0 bridgehead atoms. The SMILES string of the molecule is Cc1[nH]n(-c2ccc(S(=O)(=O)O)cc2)c(=O)c1N=Nc1c(C)[nH]n(-c2ccc(Cl)cc2Cl)c1=O. The van der Waals surface area contributed by atoms with Gasteiger partial charge in [0.05, 0.1) is 32.7 Å². The summed E-state index contributed by atoms with van der Waals surface area (Å²) in [7, 11) is -4.37. The maximum absolute atomic E-state index is 12.9. The highest BCUT2D eigenvalue weighted by molar-refractivity contribution is 7.85. The molecule has 176 valence electrons. The molecule has 0 aliphatic carbocycles. The number of aromatic amines is 2. The van der Waals surface area contributed by atoms with E-state index in [2.05, 4.69) is 20.4 Å². The van der Waals surface area contributed by atoms with E-state index in [1.54, 1.807) is 26.0 Å². The molecule has 34 heavy (non-hydrogen) atoms. The Bertz CT molecular complexity index is 1660. The fourth-order valence-corrected chi connectivity index (χ4v) is 4.17. The van der Waals surface area contributed by atoms with Gasteiger partial charge in [0.1, 0.15) is 0 Å². The molecular formula is C20H16Cl2N6O5S. The zero-order valence-corrected chi connectivity index (χ0v) is 19.9. The average Bonchev–Trinajstić information content (AvgIpc) is 3.21. The number of aromatic nitrogens is 4. The fraction of sp³-hybridized carbons (Fsp3) is 0.100. The van der Waals surface area contributed by atoms with Gasteiger partial charge in [-0.2, -0.15) is 8.42 Å². The lowest BCUT2D eigenvalue weighted by atomic mass is 10.3. The van der Waals surface area contributed by atoms with Crippen molar-refractivity contribution in [3.8, 4) is 11.4 Å². The number of benzene rings is 2. The first-order chi connectivity index (χ1) is 16.0. The molecule has 0 atom stereocenters. The van der Waals surface area contributed by atoms with Gasteiger partial charge in [-0.25, -0.2) is 9.36 Å². The van der Waals surface area contributed by atoms with Gasteiger partial charge < -0.3 is 0 Å². The van der Waals surface area contributed by atoms with Crippen LogP contribution in [-0.2, 0) is 10.1 Å². The van der Waals surface area contributed by atoms with E-state index in [0.717, 1.165) is 16.8 Å². The number of nitrogens with one attached hydrogen (secondary N) is 2. The Labute approximate surface area is 202 Å². The first-order valence-electron chi connectivity index (χ1n) is 9.55. The first kappa shape index (κ1) is 23.7. The van der Waals surface area contributed by atoms with Gasteiger partial charge in [0.25, 0.3) is 21.2 Å². The highest BCUT2D eigenvalue weighted by Gasteiger charge is 2.17. The molecule has 0 aliphatic heterocycles. The predicted octanol–water partition coefficient (Wildman–Crippen LogP) is 4.23. The Hall–Kier alpha value is -3.45. The zero-order chi connectivity index (χ0) is 24.8. The maximum atomic E-state index is 12.9.